The van der Waals surface area contributed by atoms with E-state index < -0.39 is 9.84 Å². The number of hydrogen-bond acceptors (Lipinski definition) is 6. The minimum atomic E-state index is -3.02. The summed E-state index contributed by atoms with van der Waals surface area (Å²) in [6, 6.07) is 11.0. The molecule has 1 atom stereocenters. The van der Waals surface area contributed by atoms with Crippen LogP contribution in [0.1, 0.15) is 16.8 Å². The van der Waals surface area contributed by atoms with Gasteiger partial charge in [-0.25, -0.2) is 13.4 Å². The van der Waals surface area contributed by atoms with Gasteiger partial charge in [-0.2, -0.15) is 0 Å². The van der Waals surface area contributed by atoms with Gasteiger partial charge in [-0.3, -0.25) is 4.79 Å². The molecule has 2 aromatic rings. The normalized spacial score (nSPS) is 18.3. The van der Waals surface area contributed by atoms with E-state index in [4.69, 9.17) is 0 Å². The van der Waals surface area contributed by atoms with E-state index in [0.717, 1.165) is 11.4 Å². The lowest BCUT2D eigenvalue weighted by Crippen LogP contribution is -2.35. The van der Waals surface area contributed by atoms with Crippen LogP contribution in [-0.2, 0) is 9.84 Å². The third kappa shape index (κ3) is 4.51. The standard InChI is InChI=1S/C18H22N4O3S/c1-22(2)16-6-4-14(5-7-16)20-17-8-3-13(11-19-17)18(23)21-15-9-10-26(24,25)12-15/h3-8,11,15H,9-10,12H2,1-2H3,(H,19,20)(H,21,23). The van der Waals surface area contributed by atoms with E-state index in [1.165, 1.54) is 6.20 Å². The Hall–Kier alpha value is -2.61. The maximum atomic E-state index is 12.2. The summed E-state index contributed by atoms with van der Waals surface area (Å²) >= 11 is 0. The Morgan fingerprint density at radius 1 is 1.15 bits per heavy atom. The topological polar surface area (TPSA) is 91.4 Å². The van der Waals surface area contributed by atoms with Crippen LogP contribution < -0.4 is 15.5 Å². The van der Waals surface area contributed by atoms with Crippen molar-refractivity contribution in [2.45, 2.75) is 12.5 Å². The smallest absolute Gasteiger partial charge is 0.253 e. The molecule has 7 nitrogen and oxygen atoms in total. The van der Waals surface area contributed by atoms with E-state index in [1.54, 1.807) is 12.1 Å². The number of benzene rings is 1. The van der Waals surface area contributed by atoms with Crippen LogP contribution in [0.3, 0.4) is 0 Å². The molecule has 138 valence electrons. The van der Waals surface area contributed by atoms with Gasteiger partial charge in [0.2, 0.25) is 0 Å². The van der Waals surface area contributed by atoms with Crippen molar-refractivity contribution in [3.63, 3.8) is 0 Å². The lowest BCUT2D eigenvalue weighted by molar-refractivity contribution is 0.0941. The quantitative estimate of drug-likeness (QED) is 0.829. The second-order valence-corrected chi connectivity index (χ2v) is 8.80. The number of anilines is 3. The summed E-state index contributed by atoms with van der Waals surface area (Å²) in [5.74, 6) is 0.463. The molecule has 1 amide bonds. The molecule has 0 aliphatic carbocycles. The zero-order chi connectivity index (χ0) is 18.7. The van der Waals surface area contributed by atoms with Crippen LogP contribution in [0.5, 0.6) is 0 Å². The highest BCUT2D eigenvalue weighted by Gasteiger charge is 2.29. The number of hydrogen-bond donors (Lipinski definition) is 2. The van der Waals surface area contributed by atoms with Gasteiger partial charge in [0.15, 0.2) is 9.84 Å². The van der Waals surface area contributed by atoms with Gasteiger partial charge < -0.3 is 15.5 Å². The summed E-state index contributed by atoms with van der Waals surface area (Å²) in [5, 5.41) is 5.93. The lowest BCUT2D eigenvalue weighted by Gasteiger charge is -2.13. The third-order valence-electron chi connectivity index (χ3n) is 4.25. The van der Waals surface area contributed by atoms with Crippen LogP contribution in [0.15, 0.2) is 42.6 Å². The summed E-state index contributed by atoms with van der Waals surface area (Å²) in [7, 11) is 0.945. The number of aromatic nitrogens is 1. The second kappa shape index (κ2) is 7.33. The average molecular weight is 374 g/mol. The Labute approximate surface area is 153 Å². The monoisotopic (exact) mass is 374 g/mol. The zero-order valence-corrected chi connectivity index (χ0v) is 15.6. The van der Waals surface area contributed by atoms with E-state index in [2.05, 4.69) is 15.6 Å². The van der Waals surface area contributed by atoms with Crippen molar-refractivity contribution in [2.24, 2.45) is 0 Å². The van der Waals surface area contributed by atoms with E-state index in [1.807, 2.05) is 43.3 Å². The van der Waals surface area contributed by atoms with Crippen molar-refractivity contribution >= 4 is 32.9 Å². The number of pyridine rings is 1. The fraction of sp³-hybridized carbons (Fsp3) is 0.333. The van der Waals surface area contributed by atoms with Crippen LogP contribution in [0.25, 0.3) is 0 Å². The highest BCUT2D eigenvalue weighted by Crippen LogP contribution is 2.19. The second-order valence-electron chi connectivity index (χ2n) is 6.57. The maximum absolute atomic E-state index is 12.2. The largest absolute Gasteiger partial charge is 0.378 e. The van der Waals surface area contributed by atoms with Gasteiger partial charge in [0.1, 0.15) is 5.82 Å². The Kier molecular flexibility index (Phi) is 5.13. The van der Waals surface area contributed by atoms with Crippen molar-refractivity contribution < 1.29 is 13.2 Å². The van der Waals surface area contributed by atoms with Crippen molar-refractivity contribution in [3.8, 4) is 0 Å². The Balaban J connectivity index is 1.60. The number of sulfone groups is 1. The molecular weight excluding hydrogens is 352 g/mol. The molecule has 1 saturated heterocycles. The lowest BCUT2D eigenvalue weighted by atomic mass is 10.2. The van der Waals surface area contributed by atoms with Gasteiger partial charge in [-0.15, -0.1) is 0 Å². The van der Waals surface area contributed by atoms with Crippen molar-refractivity contribution in [3.05, 3.63) is 48.2 Å². The van der Waals surface area contributed by atoms with Gasteiger partial charge in [-0.1, -0.05) is 0 Å². The van der Waals surface area contributed by atoms with Crippen molar-refractivity contribution in [1.29, 1.82) is 0 Å². The minimum absolute atomic E-state index is 0.00868. The molecule has 0 radical (unpaired) electrons. The first-order valence-electron chi connectivity index (χ1n) is 8.34. The Bertz CT molecular complexity index is 878. The SMILES string of the molecule is CN(C)c1ccc(Nc2ccc(C(=O)NC3CCS(=O)(=O)C3)cn2)cc1. The third-order valence-corrected chi connectivity index (χ3v) is 6.02. The first kappa shape index (κ1) is 18.2. The highest BCUT2D eigenvalue weighted by molar-refractivity contribution is 7.91. The average Bonchev–Trinajstić information content (AvgIpc) is 2.94. The molecule has 2 N–H and O–H groups in total. The maximum Gasteiger partial charge on any atom is 0.253 e. The van der Waals surface area contributed by atoms with Crippen LogP contribution in [0, 0.1) is 0 Å². The van der Waals surface area contributed by atoms with Crippen LogP contribution in [0.2, 0.25) is 0 Å². The van der Waals surface area contributed by atoms with E-state index >= 15 is 0 Å². The number of carbonyl (C=O) groups excluding carboxylic acids is 1. The molecule has 0 spiro atoms. The number of amides is 1. The number of rotatable bonds is 5. The van der Waals surface area contributed by atoms with E-state index in [-0.39, 0.29) is 23.5 Å². The fourth-order valence-corrected chi connectivity index (χ4v) is 4.44. The van der Waals surface area contributed by atoms with Crippen molar-refractivity contribution in [1.82, 2.24) is 10.3 Å². The van der Waals surface area contributed by atoms with E-state index in [9.17, 15) is 13.2 Å². The molecule has 2 heterocycles. The highest BCUT2D eigenvalue weighted by atomic mass is 32.2. The Morgan fingerprint density at radius 3 is 2.42 bits per heavy atom. The van der Waals surface area contributed by atoms with Crippen LogP contribution >= 0.6 is 0 Å². The predicted octanol–water partition coefficient (Wildman–Crippen LogP) is 1.81. The molecule has 1 aromatic carbocycles. The summed E-state index contributed by atoms with van der Waals surface area (Å²) in [6.45, 7) is 0. The molecule has 1 fully saturated rings. The van der Waals surface area contributed by atoms with Gasteiger partial charge in [0, 0.05) is 37.7 Å². The summed E-state index contributed by atoms with van der Waals surface area (Å²) in [5.41, 5.74) is 2.41. The number of nitrogens with zero attached hydrogens (tertiary/aromatic N) is 2. The molecule has 1 aliphatic heterocycles. The van der Waals surface area contributed by atoms with Crippen LogP contribution in [0.4, 0.5) is 17.2 Å². The Morgan fingerprint density at radius 2 is 1.88 bits per heavy atom. The zero-order valence-electron chi connectivity index (χ0n) is 14.8. The molecule has 8 heteroatoms. The minimum Gasteiger partial charge on any atom is -0.378 e. The van der Waals surface area contributed by atoms with Crippen molar-refractivity contribution in [2.75, 3.05) is 35.8 Å². The molecule has 0 bridgehead atoms. The van der Waals surface area contributed by atoms with Crippen LogP contribution in [-0.4, -0.2) is 51.0 Å². The number of carbonyl (C=O) groups is 1. The first-order chi connectivity index (χ1) is 12.3. The van der Waals surface area contributed by atoms with Gasteiger partial charge >= 0.3 is 0 Å². The molecule has 3 rings (SSSR count). The number of nitrogens with one attached hydrogen (secondary N) is 2. The molecule has 0 saturated carbocycles. The van der Waals surface area contributed by atoms with E-state index in [0.29, 0.717) is 17.8 Å². The summed E-state index contributed by atoms with van der Waals surface area (Å²) < 4.78 is 22.9. The van der Waals surface area contributed by atoms with Gasteiger partial charge in [0.05, 0.1) is 17.1 Å². The molecule has 1 aliphatic rings. The molecular formula is C18H22N4O3S. The fourth-order valence-electron chi connectivity index (χ4n) is 2.77. The van der Waals surface area contributed by atoms with Gasteiger partial charge in [-0.05, 0) is 42.8 Å². The summed E-state index contributed by atoms with van der Waals surface area (Å²) in [6.07, 6.45) is 1.94. The molecule has 26 heavy (non-hydrogen) atoms. The first-order valence-corrected chi connectivity index (χ1v) is 10.2. The summed E-state index contributed by atoms with van der Waals surface area (Å²) in [4.78, 5) is 18.5. The molecule has 1 unspecified atom stereocenters. The van der Waals surface area contributed by atoms with Gasteiger partial charge in [0.25, 0.3) is 5.91 Å². The predicted molar refractivity (Wildman–Crippen MR) is 103 cm³/mol. The molecule has 1 aromatic heterocycles.